The summed E-state index contributed by atoms with van der Waals surface area (Å²) in [5, 5.41) is 9.45. The number of carboxylic acid groups (broad SMARTS) is 1. The summed E-state index contributed by atoms with van der Waals surface area (Å²) in [6.45, 7) is 3.69. The van der Waals surface area contributed by atoms with Crippen LogP contribution in [0.3, 0.4) is 0 Å². The molecule has 0 aromatic heterocycles. The number of hydrogen-bond acceptors (Lipinski definition) is 6. The highest BCUT2D eigenvalue weighted by Crippen LogP contribution is 2.27. The number of benzene rings is 1. The van der Waals surface area contributed by atoms with E-state index in [9.17, 15) is 18.3 Å². The Kier molecular flexibility index (Phi) is 7.21. The lowest BCUT2D eigenvalue weighted by Gasteiger charge is -2.39. The van der Waals surface area contributed by atoms with Crippen LogP contribution in [0.15, 0.2) is 29.2 Å². The van der Waals surface area contributed by atoms with Crippen LogP contribution in [0.2, 0.25) is 0 Å². The minimum Gasteiger partial charge on any atom is -0.481 e. The van der Waals surface area contributed by atoms with Gasteiger partial charge < -0.3 is 19.3 Å². The number of sulfonamides is 1. The molecule has 1 heterocycles. The molecule has 1 aliphatic rings. The second kappa shape index (κ2) is 9.19. The fourth-order valence-electron chi connectivity index (χ4n) is 2.79. The van der Waals surface area contributed by atoms with Gasteiger partial charge in [-0.2, -0.15) is 4.31 Å². The largest absolute Gasteiger partial charge is 0.481 e. The molecule has 0 saturated carbocycles. The van der Waals surface area contributed by atoms with Gasteiger partial charge in [0.15, 0.2) is 0 Å². The fourth-order valence-corrected chi connectivity index (χ4v) is 4.51. The van der Waals surface area contributed by atoms with Gasteiger partial charge in [0.1, 0.15) is 25.0 Å². The summed E-state index contributed by atoms with van der Waals surface area (Å²) >= 11 is 0. The van der Waals surface area contributed by atoms with Crippen molar-refractivity contribution in [3.05, 3.63) is 24.3 Å². The molecule has 9 heteroatoms. The Morgan fingerprint density at radius 1 is 1.26 bits per heavy atom. The van der Waals surface area contributed by atoms with E-state index in [2.05, 4.69) is 11.8 Å². The van der Waals surface area contributed by atoms with E-state index in [1.807, 2.05) is 0 Å². The number of morpholine rings is 1. The number of carbonyl (C=O) groups is 1. The molecule has 1 aromatic carbocycles. The van der Waals surface area contributed by atoms with Crippen LogP contribution in [0.5, 0.6) is 5.75 Å². The quantitative estimate of drug-likeness (QED) is 0.714. The van der Waals surface area contributed by atoms with Crippen LogP contribution in [-0.4, -0.2) is 68.9 Å². The molecule has 1 aliphatic heterocycles. The summed E-state index contributed by atoms with van der Waals surface area (Å²) < 4.78 is 42.6. The van der Waals surface area contributed by atoms with Gasteiger partial charge in [0.05, 0.1) is 17.1 Å². The second-order valence-electron chi connectivity index (χ2n) is 6.06. The molecule has 148 valence electrons. The van der Waals surface area contributed by atoms with E-state index in [4.69, 9.17) is 14.2 Å². The third kappa shape index (κ3) is 5.20. The second-order valence-corrected chi connectivity index (χ2v) is 7.95. The molecule has 3 atom stereocenters. The molecule has 2 rings (SSSR count). The van der Waals surface area contributed by atoms with Gasteiger partial charge in [0, 0.05) is 13.7 Å². The molecule has 1 aromatic rings. The lowest BCUT2D eigenvalue weighted by Crippen LogP contribution is -2.58. The Hall–Kier alpha value is -2.12. The average Bonchev–Trinajstić information content (AvgIpc) is 2.61. The van der Waals surface area contributed by atoms with Crippen LogP contribution in [0.25, 0.3) is 0 Å². The number of aliphatic carboxylic acids is 1. The van der Waals surface area contributed by atoms with E-state index in [0.29, 0.717) is 12.4 Å². The maximum atomic E-state index is 13.0. The van der Waals surface area contributed by atoms with Gasteiger partial charge in [-0.1, -0.05) is 11.8 Å². The first-order chi connectivity index (χ1) is 12.8. The summed E-state index contributed by atoms with van der Waals surface area (Å²) in [6, 6.07) is 4.51. The Labute approximate surface area is 159 Å². The molecule has 8 nitrogen and oxygen atoms in total. The van der Waals surface area contributed by atoms with Crippen molar-refractivity contribution in [3.63, 3.8) is 0 Å². The van der Waals surface area contributed by atoms with Gasteiger partial charge in [-0.15, -0.1) is 0 Å². The van der Waals surface area contributed by atoms with E-state index >= 15 is 0 Å². The van der Waals surface area contributed by atoms with E-state index in [-0.39, 0.29) is 18.0 Å². The van der Waals surface area contributed by atoms with E-state index < -0.39 is 34.2 Å². The predicted molar refractivity (Wildman–Crippen MR) is 96.9 cm³/mol. The van der Waals surface area contributed by atoms with Crippen LogP contribution >= 0.6 is 0 Å². The van der Waals surface area contributed by atoms with Gasteiger partial charge in [-0.3, -0.25) is 4.79 Å². The van der Waals surface area contributed by atoms with Crippen LogP contribution < -0.4 is 4.74 Å². The standard InChI is InChI=1S/C18H23NO7S/c1-13-12-19(17(18(20)21)14(2)26-13)27(22,23)16-8-6-15(7-9-16)25-11-5-4-10-24-3/h6-9,13-14,17H,10-12H2,1-3H3,(H,20,21). The zero-order valence-corrected chi connectivity index (χ0v) is 16.2. The predicted octanol–water partition coefficient (Wildman–Crippen LogP) is 0.966. The SMILES string of the molecule is COCC#CCOc1ccc(S(=O)(=O)N2CC(C)OC(C)C2C(=O)O)cc1. The summed E-state index contributed by atoms with van der Waals surface area (Å²) in [5.74, 6) is 4.71. The number of hydrogen-bond donors (Lipinski definition) is 1. The van der Waals surface area contributed by atoms with E-state index in [0.717, 1.165) is 4.31 Å². The third-order valence-corrected chi connectivity index (χ3v) is 5.84. The fraction of sp³-hybridized carbons (Fsp3) is 0.500. The normalized spacial score (nSPS) is 23.3. The number of ether oxygens (including phenoxy) is 3. The first-order valence-corrected chi connectivity index (χ1v) is 9.79. The first-order valence-electron chi connectivity index (χ1n) is 8.35. The zero-order valence-electron chi connectivity index (χ0n) is 15.4. The van der Waals surface area contributed by atoms with Gasteiger partial charge in [-0.05, 0) is 38.1 Å². The lowest BCUT2D eigenvalue weighted by atomic mass is 10.1. The van der Waals surface area contributed by atoms with Crippen LogP contribution in [0.1, 0.15) is 13.8 Å². The van der Waals surface area contributed by atoms with Crippen molar-refractivity contribution in [2.24, 2.45) is 0 Å². The minimum absolute atomic E-state index is 0.00660. The van der Waals surface area contributed by atoms with Crippen molar-refractivity contribution in [1.82, 2.24) is 4.31 Å². The molecule has 1 fully saturated rings. The highest BCUT2D eigenvalue weighted by molar-refractivity contribution is 7.89. The molecular weight excluding hydrogens is 374 g/mol. The highest BCUT2D eigenvalue weighted by atomic mass is 32.2. The minimum atomic E-state index is -4.00. The maximum absolute atomic E-state index is 13.0. The monoisotopic (exact) mass is 397 g/mol. The molecule has 0 spiro atoms. The molecular formula is C18H23NO7S. The van der Waals surface area contributed by atoms with Crippen molar-refractivity contribution in [2.75, 3.05) is 26.9 Å². The van der Waals surface area contributed by atoms with Gasteiger partial charge in [-0.25, -0.2) is 8.42 Å². The molecule has 0 radical (unpaired) electrons. The molecule has 27 heavy (non-hydrogen) atoms. The molecule has 0 amide bonds. The third-order valence-electron chi connectivity index (χ3n) is 3.97. The molecule has 0 bridgehead atoms. The maximum Gasteiger partial charge on any atom is 0.324 e. The number of nitrogens with zero attached hydrogens (tertiary/aromatic N) is 1. The molecule has 3 unspecified atom stereocenters. The lowest BCUT2D eigenvalue weighted by molar-refractivity contribution is -0.155. The summed E-state index contributed by atoms with van der Waals surface area (Å²) in [6.07, 6.45) is -1.16. The highest BCUT2D eigenvalue weighted by Gasteiger charge is 2.44. The van der Waals surface area contributed by atoms with Crippen molar-refractivity contribution >= 4 is 16.0 Å². The Morgan fingerprint density at radius 2 is 1.89 bits per heavy atom. The summed E-state index contributed by atoms with van der Waals surface area (Å²) in [4.78, 5) is 11.6. The molecule has 1 N–H and O–H groups in total. The van der Waals surface area contributed by atoms with Crippen molar-refractivity contribution in [3.8, 4) is 17.6 Å². The molecule has 1 saturated heterocycles. The van der Waals surface area contributed by atoms with Crippen LogP contribution in [-0.2, 0) is 24.3 Å². The van der Waals surface area contributed by atoms with Crippen molar-refractivity contribution in [1.29, 1.82) is 0 Å². The van der Waals surface area contributed by atoms with Gasteiger partial charge in [0.2, 0.25) is 10.0 Å². The Bertz CT molecular complexity index is 810. The van der Waals surface area contributed by atoms with E-state index in [1.54, 1.807) is 21.0 Å². The summed E-state index contributed by atoms with van der Waals surface area (Å²) in [7, 11) is -2.46. The number of carboxylic acids is 1. The zero-order chi connectivity index (χ0) is 20.0. The topological polar surface area (TPSA) is 102 Å². The Morgan fingerprint density at radius 3 is 2.48 bits per heavy atom. The van der Waals surface area contributed by atoms with Gasteiger partial charge >= 0.3 is 5.97 Å². The first kappa shape index (κ1) is 21.2. The molecule has 0 aliphatic carbocycles. The number of rotatable bonds is 6. The van der Waals surface area contributed by atoms with E-state index in [1.165, 1.54) is 24.3 Å². The van der Waals surface area contributed by atoms with Gasteiger partial charge in [0.25, 0.3) is 0 Å². The smallest absolute Gasteiger partial charge is 0.324 e. The van der Waals surface area contributed by atoms with Crippen LogP contribution in [0, 0.1) is 11.8 Å². The van der Waals surface area contributed by atoms with Crippen LogP contribution in [0.4, 0.5) is 0 Å². The summed E-state index contributed by atoms with van der Waals surface area (Å²) in [5.41, 5.74) is 0. The number of methoxy groups -OCH3 is 1. The van der Waals surface area contributed by atoms with Crippen molar-refractivity contribution in [2.45, 2.75) is 37.0 Å². The average molecular weight is 397 g/mol. The Balaban J connectivity index is 2.17. The van der Waals surface area contributed by atoms with Crippen molar-refractivity contribution < 1.29 is 32.5 Å².